The van der Waals surface area contributed by atoms with Crippen LogP contribution in [0.5, 0.6) is 0 Å². The second-order valence-corrected chi connectivity index (χ2v) is 2.85. The van der Waals surface area contributed by atoms with Crippen molar-refractivity contribution in [2.45, 2.75) is 6.92 Å². The molecule has 0 spiro atoms. The Morgan fingerprint density at radius 1 is 1.53 bits per heavy atom. The molecule has 0 unspecified atom stereocenters. The fraction of sp³-hybridized carbons (Fsp3) is 0.111. The van der Waals surface area contributed by atoms with Gasteiger partial charge in [-0.3, -0.25) is 25.0 Å². The number of hydrogen-bond acceptors (Lipinski definition) is 4. The Hall–Kier alpha value is -2.24. The summed E-state index contributed by atoms with van der Waals surface area (Å²) >= 11 is 0. The van der Waals surface area contributed by atoms with E-state index in [4.69, 9.17) is 0 Å². The molecule has 78 valence electrons. The molecule has 2 amide bonds. The zero-order chi connectivity index (χ0) is 11.4. The first-order valence-electron chi connectivity index (χ1n) is 4.06. The average molecular weight is 208 g/mol. The molecule has 0 heterocycles. The van der Waals surface area contributed by atoms with Gasteiger partial charge >= 0.3 is 0 Å². The molecule has 0 saturated carbocycles. The maximum atomic E-state index is 11.3. The van der Waals surface area contributed by atoms with E-state index in [1.807, 2.05) is 5.32 Å². The Balaban J connectivity index is 3.15. The Morgan fingerprint density at radius 3 is 2.73 bits per heavy atom. The molecule has 1 aromatic rings. The van der Waals surface area contributed by atoms with E-state index < -0.39 is 10.8 Å². The summed E-state index contributed by atoms with van der Waals surface area (Å²) in [5.41, 5.74) is 0.507. The highest BCUT2D eigenvalue weighted by Crippen LogP contribution is 2.16. The minimum Gasteiger partial charge on any atom is -0.295 e. The predicted octanol–water partition coefficient (Wildman–Crippen LogP) is 0.789. The lowest BCUT2D eigenvalue weighted by Gasteiger charge is -2.02. The van der Waals surface area contributed by atoms with Crippen LogP contribution in [0.2, 0.25) is 0 Å². The van der Waals surface area contributed by atoms with Crippen LogP contribution in [0.4, 0.5) is 5.69 Å². The topological polar surface area (TPSA) is 89.3 Å². The summed E-state index contributed by atoms with van der Waals surface area (Å²) in [5.74, 6) is -0.647. The number of nitrogens with one attached hydrogen (secondary N) is 1. The van der Waals surface area contributed by atoms with E-state index in [9.17, 15) is 19.7 Å². The molecule has 0 bridgehead atoms. The summed E-state index contributed by atoms with van der Waals surface area (Å²) in [4.78, 5) is 31.2. The fourth-order valence-electron chi connectivity index (χ4n) is 1.10. The van der Waals surface area contributed by atoms with E-state index in [0.717, 1.165) is 6.07 Å². The van der Waals surface area contributed by atoms with Gasteiger partial charge < -0.3 is 0 Å². The van der Waals surface area contributed by atoms with Gasteiger partial charge in [0.2, 0.25) is 6.41 Å². The van der Waals surface area contributed by atoms with Crippen molar-refractivity contribution in [3.05, 3.63) is 39.4 Å². The molecule has 0 aliphatic rings. The van der Waals surface area contributed by atoms with Crippen molar-refractivity contribution < 1.29 is 14.5 Å². The SMILES string of the molecule is Cc1ccc([N+](=O)[O-])cc1C(=O)NC=O. The number of aryl methyl sites for hydroxylation is 1. The summed E-state index contributed by atoms with van der Waals surface area (Å²) < 4.78 is 0. The average Bonchev–Trinajstić information content (AvgIpc) is 2.18. The number of carbonyl (C=O) groups excluding carboxylic acids is 2. The van der Waals surface area contributed by atoms with E-state index in [1.165, 1.54) is 12.1 Å². The number of hydrogen-bond donors (Lipinski definition) is 1. The number of carbonyl (C=O) groups is 2. The Bertz CT molecular complexity index is 428. The summed E-state index contributed by atoms with van der Waals surface area (Å²) in [6.45, 7) is 1.63. The molecule has 0 aliphatic heterocycles. The normalized spacial score (nSPS) is 9.40. The fourth-order valence-corrected chi connectivity index (χ4v) is 1.10. The second kappa shape index (κ2) is 4.32. The molecule has 6 nitrogen and oxygen atoms in total. The van der Waals surface area contributed by atoms with Crippen molar-refractivity contribution in [1.29, 1.82) is 0 Å². The zero-order valence-corrected chi connectivity index (χ0v) is 7.89. The molecule has 1 aromatic carbocycles. The van der Waals surface area contributed by atoms with E-state index in [-0.39, 0.29) is 17.7 Å². The van der Waals surface area contributed by atoms with Crippen molar-refractivity contribution in [2.24, 2.45) is 0 Å². The molecule has 0 fully saturated rings. The number of amides is 2. The maximum Gasteiger partial charge on any atom is 0.270 e. The molecule has 0 aromatic heterocycles. The number of rotatable bonds is 3. The van der Waals surface area contributed by atoms with Crippen LogP contribution in [0.3, 0.4) is 0 Å². The van der Waals surface area contributed by atoms with Crippen LogP contribution < -0.4 is 5.32 Å². The highest BCUT2D eigenvalue weighted by Gasteiger charge is 2.13. The van der Waals surface area contributed by atoms with E-state index >= 15 is 0 Å². The van der Waals surface area contributed by atoms with E-state index in [1.54, 1.807) is 6.92 Å². The molecule has 6 heteroatoms. The van der Waals surface area contributed by atoms with Crippen LogP contribution in [-0.4, -0.2) is 17.2 Å². The molecule has 1 rings (SSSR count). The number of nitro groups is 1. The van der Waals surface area contributed by atoms with Crippen molar-refractivity contribution in [3.63, 3.8) is 0 Å². The van der Waals surface area contributed by atoms with Crippen molar-refractivity contribution in [2.75, 3.05) is 0 Å². The molecule has 0 aliphatic carbocycles. The number of imide groups is 1. The van der Waals surface area contributed by atoms with Gasteiger partial charge in [0, 0.05) is 17.7 Å². The minimum atomic E-state index is -0.647. The third-order valence-electron chi connectivity index (χ3n) is 1.87. The zero-order valence-electron chi connectivity index (χ0n) is 7.89. The van der Waals surface area contributed by atoms with Crippen molar-refractivity contribution in [1.82, 2.24) is 5.32 Å². The number of nitro benzene ring substituents is 1. The minimum absolute atomic E-state index is 0.122. The first kappa shape index (κ1) is 10.8. The highest BCUT2D eigenvalue weighted by atomic mass is 16.6. The number of benzene rings is 1. The van der Waals surface area contributed by atoms with Crippen LogP contribution >= 0.6 is 0 Å². The standard InChI is InChI=1S/C9H8N2O4/c1-6-2-3-7(11(14)15)4-8(6)9(13)10-5-12/h2-5H,1H3,(H,10,12,13). The third-order valence-corrected chi connectivity index (χ3v) is 1.87. The number of nitrogens with zero attached hydrogens (tertiary/aromatic N) is 1. The molecule has 1 N–H and O–H groups in total. The molecule has 0 atom stereocenters. The van der Waals surface area contributed by atoms with Crippen LogP contribution in [0.15, 0.2) is 18.2 Å². The lowest BCUT2D eigenvalue weighted by Crippen LogP contribution is -2.22. The van der Waals surface area contributed by atoms with Gasteiger partial charge in [0.05, 0.1) is 4.92 Å². The van der Waals surface area contributed by atoms with Gasteiger partial charge in [0.1, 0.15) is 0 Å². The lowest BCUT2D eigenvalue weighted by molar-refractivity contribution is -0.384. The third kappa shape index (κ3) is 2.37. The van der Waals surface area contributed by atoms with Gasteiger partial charge in [-0.2, -0.15) is 0 Å². The lowest BCUT2D eigenvalue weighted by atomic mass is 10.1. The first-order valence-corrected chi connectivity index (χ1v) is 4.06. The van der Waals surface area contributed by atoms with E-state index in [0.29, 0.717) is 5.56 Å². The maximum absolute atomic E-state index is 11.3. The van der Waals surface area contributed by atoms with Crippen LogP contribution in [0, 0.1) is 17.0 Å². The summed E-state index contributed by atoms with van der Waals surface area (Å²) in [6.07, 6.45) is 0.237. The predicted molar refractivity (Wildman–Crippen MR) is 51.4 cm³/mol. The van der Waals surface area contributed by atoms with Crippen molar-refractivity contribution >= 4 is 18.0 Å². The summed E-state index contributed by atoms with van der Waals surface area (Å²) in [7, 11) is 0. The smallest absolute Gasteiger partial charge is 0.270 e. The summed E-state index contributed by atoms with van der Waals surface area (Å²) in [5, 5.41) is 12.4. The molecular weight excluding hydrogens is 200 g/mol. The van der Waals surface area contributed by atoms with Gasteiger partial charge in [-0.25, -0.2) is 0 Å². The Morgan fingerprint density at radius 2 is 2.20 bits per heavy atom. The largest absolute Gasteiger partial charge is 0.295 e. The molecular formula is C9H8N2O4. The monoisotopic (exact) mass is 208 g/mol. The van der Waals surface area contributed by atoms with Crippen LogP contribution in [0.25, 0.3) is 0 Å². The van der Waals surface area contributed by atoms with Gasteiger partial charge in [0.15, 0.2) is 0 Å². The Labute approximate surface area is 85.1 Å². The van der Waals surface area contributed by atoms with Crippen LogP contribution in [0.1, 0.15) is 15.9 Å². The van der Waals surface area contributed by atoms with Gasteiger partial charge in [-0.1, -0.05) is 6.07 Å². The van der Waals surface area contributed by atoms with E-state index in [2.05, 4.69) is 0 Å². The Kier molecular flexibility index (Phi) is 3.12. The van der Waals surface area contributed by atoms with Crippen LogP contribution in [-0.2, 0) is 4.79 Å². The quantitative estimate of drug-likeness (QED) is 0.451. The molecule has 15 heavy (non-hydrogen) atoms. The summed E-state index contributed by atoms with van der Waals surface area (Å²) in [6, 6.07) is 3.89. The van der Waals surface area contributed by atoms with Gasteiger partial charge in [-0.05, 0) is 12.5 Å². The van der Waals surface area contributed by atoms with Gasteiger partial charge in [-0.15, -0.1) is 0 Å². The van der Waals surface area contributed by atoms with Crippen molar-refractivity contribution in [3.8, 4) is 0 Å². The molecule has 0 saturated heterocycles. The first-order chi connectivity index (χ1) is 7.06. The highest BCUT2D eigenvalue weighted by molar-refractivity contribution is 6.01. The number of non-ortho nitro benzene ring substituents is 1. The second-order valence-electron chi connectivity index (χ2n) is 2.85. The molecule has 0 radical (unpaired) electrons. The van der Waals surface area contributed by atoms with Gasteiger partial charge in [0.25, 0.3) is 11.6 Å².